The molecule has 0 fully saturated rings. The van der Waals surface area contributed by atoms with E-state index in [0.29, 0.717) is 5.82 Å². The van der Waals surface area contributed by atoms with Crippen LogP contribution in [-0.2, 0) is 11.8 Å². The van der Waals surface area contributed by atoms with Gasteiger partial charge in [-0.3, -0.25) is 9.48 Å². The first-order valence-corrected chi connectivity index (χ1v) is 5.61. The molecular formula is C11H20N4O. The molecule has 0 spiro atoms. The molecule has 90 valence electrons. The maximum Gasteiger partial charge on any atom is 0.242 e. The Hall–Kier alpha value is -1.36. The van der Waals surface area contributed by atoms with E-state index in [1.165, 1.54) is 0 Å². The number of carbonyl (C=O) groups excluding carboxylic acids is 1. The van der Waals surface area contributed by atoms with Crippen molar-refractivity contribution >= 4 is 11.7 Å². The third-order valence-electron chi connectivity index (χ3n) is 2.46. The maximum absolute atomic E-state index is 11.7. The van der Waals surface area contributed by atoms with Crippen molar-refractivity contribution in [3.8, 4) is 0 Å². The quantitative estimate of drug-likeness (QED) is 0.789. The zero-order valence-corrected chi connectivity index (χ0v) is 10.2. The first kappa shape index (κ1) is 12.7. The number of unbranched alkanes of at least 4 members (excludes halogenated alkanes) is 1. The van der Waals surface area contributed by atoms with Gasteiger partial charge in [-0.15, -0.1) is 0 Å². The third kappa shape index (κ3) is 3.34. The van der Waals surface area contributed by atoms with Crippen molar-refractivity contribution in [1.82, 2.24) is 9.78 Å². The van der Waals surface area contributed by atoms with Crippen LogP contribution in [-0.4, -0.2) is 21.7 Å². The second-order valence-electron chi connectivity index (χ2n) is 4.03. The molecule has 1 rings (SSSR count). The standard InChI is InChI=1S/C11H20N4O/c1-4-5-6-9(12)11(16)13-10-7-8(2)14-15(10)3/h7,9H,4-6,12H2,1-3H3,(H,13,16)/t9-/m0/s1. The van der Waals surface area contributed by atoms with Crippen LogP contribution in [0.4, 0.5) is 5.82 Å². The molecule has 0 saturated heterocycles. The van der Waals surface area contributed by atoms with E-state index < -0.39 is 6.04 Å². The summed E-state index contributed by atoms with van der Waals surface area (Å²) >= 11 is 0. The van der Waals surface area contributed by atoms with Crippen molar-refractivity contribution < 1.29 is 4.79 Å². The van der Waals surface area contributed by atoms with E-state index in [1.54, 1.807) is 11.7 Å². The normalized spacial score (nSPS) is 12.5. The topological polar surface area (TPSA) is 72.9 Å². The van der Waals surface area contributed by atoms with E-state index >= 15 is 0 Å². The maximum atomic E-state index is 11.7. The summed E-state index contributed by atoms with van der Waals surface area (Å²) in [4.78, 5) is 11.7. The van der Waals surface area contributed by atoms with Crippen LogP contribution in [0, 0.1) is 6.92 Å². The molecule has 5 nitrogen and oxygen atoms in total. The fourth-order valence-corrected chi connectivity index (χ4v) is 1.50. The van der Waals surface area contributed by atoms with Crippen molar-refractivity contribution in [2.24, 2.45) is 12.8 Å². The van der Waals surface area contributed by atoms with Gasteiger partial charge in [0.25, 0.3) is 0 Å². The lowest BCUT2D eigenvalue weighted by Crippen LogP contribution is -2.35. The Morgan fingerprint density at radius 1 is 1.69 bits per heavy atom. The highest BCUT2D eigenvalue weighted by atomic mass is 16.2. The van der Waals surface area contributed by atoms with Crippen LogP contribution in [0.1, 0.15) is 31.9 Å². The number of aryl methyl sites for hydroxylation is 2. The molecule has 1 aromatic heterocycles. The fourth-order valence-electron chi connectivity index (χ4n) is 1.50. The number of nitrogens with two attached hydrogens (primary N) is 1. The van der Waals surface area contributed by atoms with Crippen LogP contribution in [0.2, 0.25) is 0 Å². The second kappa shape index (κ2) is 5.65. The lowest BCUT2D eigenvalue weighted by atomic mass is 10.1. The Labute approximate surface area is 96.0 Å². The third-order valence-corrected chi connectivity index (χ3v) is 2.46. The number of anilines is 1. The molecule has 0 saturated carbocycles. The molecule has 3 N–H and O–H groups in total. The van der Waals surface area contributed by atoms with Gasteiger partial charge in [-0.1, -0.05) is 19.8 Å². The minimum atomic E-state index is -0.435. The number of nitrogens with zero attached hydrogens (tertiary/aromatic N) is 2. The molecular weight excluding hydrogens is 204 g/mol. The Bertz CT molecular complexity index is 359. The summed E-state index contributed by atoms with van der Waals surface area (Å²) in [7, 11) is 1.79. The molecule has 0 aliphatic heterocycles. The number of amides is 1. The number of nitrogens with one attached hydrogen (secondary N) is 1. The number of aromatic nitrogens is 2. The van der Waals surface area contributed by atoms with Gasteiger partial charge in [0.2, 0.25) is 5.91 Å². The van der Waals surface area contributed by atoms with Gasteiger partial charge < -0.3 is 11.1 Å². The average Bonchev–Trinajstić information content (AvgIpc) is 2.53. The summed E-state index contributed by atoms with van der Waals surface area (Å²) in [6, 6.07) is 1.39. The summed E-state index contributed by atoms with van der Waals surface area (Å²) in [6.07, 6.45) is 2.74. The Morgan fingerprint density at radius 3 is 2.88 bits per heavy atom. The average molecular weight is 224 g/mol. The predicted octanol–water partition coefficient (Wildman–Crippen LogP) is 1.18. The second-order valence-corrected chi connectivity index (χ2v) is 4.03. The van der Waals surface area contributed by atoms with Crippen LogP contribution >= 0.6 is 0 Å². The summed E-state index contributed by atoms with van der Waals surface area (Å²) in [5.74, 6) is 0.547. The summed E-state index contributed by atoms with van der Waals surface area (Å²) < 4.78 is 1.64. The fraction of sp³-hybridized carbons (Fsp3) is 0.636. The van der Waals surface area contributed by atoms with Gasteiger partial charge in [-0.25, -0.2) is 0 Å². The molecule has 1 atom stereocenters. The highest BCUT2D eigenvalue weighted by Crippen LogP contribution is 2.09. The molecule has 1 aromatic rings. The van der Waals surface area contributed by atoms with Gasteiger partial charge in [0.15, 0.2) is 0 Å². The number of hydrogen-bond acceptors (Lipinski definition) is 3. The smallest absolute Gasteiger partial charge is 0.242 e. The van der Waals surface area contributed by atoms with Crippen LogP contribution in [0.5, 0.6) is 0 Å². The van der Waals surface area contributed by atoms with E-state index in [1.807, 2.05) is 13.0 Å². The van der Waals surface area contributed by atoms with Crippen LogP contribution in [0.3, 0.4) is 0 Å². The molecule has 1 amide bonds. The molecule has 0 aliphatic rings. The van der Waals surface area contributed by atoms with Gasteiger partial charge in [-0.2, -0.15) is 5.10 Å². The molecule has 0 aromatic carbocycles. The number of carbonyl (C=O) groups is 1. The van der Waals surface area contributed by atoms with E-state index in [4.69, 9.17) is 5.73 Å². The van der Waals surface area contributed by atoms with E-state index in [0.717, 1.165) is 25.0 Å². The van der Waals surface area contributed by atoms with E-state index in [2.05, 4.69) is 17.3 Å². The highest BCUT2D eigenvalue weighted by Gasteiger charge is 2.14. The van der Waals surface area contributed by atoms with Crippen LogP contribution < -0.4 is 11.1 Å². The van der Waals surface area contributed by atoms with Crippen molar-refractivity contribution in [1.29, 1.82) is 0 Å². The summed E-state index contributed by atoms with van der Waals surface area (Å²) in [6.45, 7) is 3.96. The van der Waals surface area contributed by atoms with Gasteiger partial charge in [-0.05, 0) is 13.3 Å². The van der Waals surface area contributed by atoms with Crippen molar-refractivity contribution in [2.75, 3.05) is 5.32 Å². The monoisotopic (exact) mass is 224 g/mol. The number of rotatable bonds is 5. The summed E-state index contributed by atoms with van der Waals surface area (Å²) in [5.41, 5.74) is 6.64. The first-order chi connectivity index (χ1) is 7.54. The first-order valence-electron chi connectivity index (χ1n) is 5.61. The van der Waals surface area contributed by atoms with E-state index in [-0.39, 0.29) is 5.91 Å². The minimum Gasteiger partial charge on any atom is -0.320 e. The Balaban J connectivity index is 2.53. The Morgan fingerprint density at radius 2 is 2.38 bits per heavy atom. The predicted molar refractivity (Wildman–Crippen MR) is 64.1 cm³/mol. The molecule has 0 unspecified atom stereocenters. The van der Waals surface area contributed by atoms with Crippen LogP contribution in [0.25, 0.3) is 0 Å². The minimum absolute atomic E-state index is 0.142. The van der Waals surface area contributed by atoms with Crippen LogP contribution in [0.15, 0.2) is 6.07 Å². The van der Waals surface area contributed by atoms with Gasteiger partial charge in [0, 0.05) is 13.1 Å². The zero-order valence-electron chi connectivity index (χ0n) is 10.2. The molecule has 5 heteroatoms. The lowest BCUT2D eigenvalue weighted by molar-refractivity contribution is -0.117. The molecule has 1 heterocycles. The molecule has 0 bridgehead atoms. The van der Waals surface area contributed by atoms with Crippen molar-refractivity contribution in [2.45, 2.75) is 39.2 Å². The zero-order chi connectivity index (χ0) is 12.1. The van der Waals surface area contributed by atoms with Gasteiger partial charge in [0.1, 0.15) is 5.82 Å². The largest absolute Gasteiger partial charge is 0.320 e. The highest BCUT2D eigenvalue weighted by molar-refractivity contribution is 5.93. The number of hydrogen-bond donors (Lipinski definition) is 2. The van der Waals surface area contributed by atoms with Gasteiger partial charge in [0.05, 0.1) is 11.7 Å². The SMILES string of the molecule is CCCC[C@H](N)C(=O)Nc1cc(C)nn1C. The molecule has 0 aliphatic carbocycles. The van der Waals surface area contributed by atoms with Crippen molar-refractivity contribution in [3.63, 3.8) is 0 Å². The van der Waals surface area contributed by atoms with Crippen molar-refractivity contribution in [3.05, 3.63) is 11.8 Å². The van der Waals surface area contributed by atoms with E-state index in [9.17, 15) is 4.79 Å². The molecule has 16 heavy (non-hydrogen) atoms. The van der Waals surface area contributed by atoms with Gasteiger partial charge >= 0.3 is 0 Å². The Kier molecular flexibility index (Phi) is 4.49. The lowest BCUT2D eigenvalue weighted by Gasteiger charge is -2.11. The molecule has 0 radical (unpaired) electrons. The summed E-state index contributed by atoms with van der Waals surface area (Å²) in [5, 5.41) is 6.92.